The van der Waals surface area contributed by atoms with E-state index in [1.165, 1.54) is 166 Å². The van der Waals surface area contributed by atoms with Gasteiger partial charge in [-0.05, 0) is 39.2 Å². The van der Waals surface area contributed by atoms with E-state index >= 15 is 0 Å². The van der Waals surface area contributed by atoms with Crippen LogP contribution in [0.3, 0.4) is 0 Å². The number of carboxylic acid groups (broad SMARTS) is 1. The lowest BCUT2D eigenvalue weighted by molar-refractivity contribution is -0.157. The molecule has 0 rings (SSSR count). The summed E-state index contributed by atoms with van der Waals surface area (Å²) in [6.07, 6.45) is 37.3. The zero-order chi connectivity index (χ0) is 50.3. The van der Waals surface area contributed by atoms with Gasteiger partial charge in [-0.25, -0.2) is 0 Å². The molecule has 0 spiro atoms. The van der Waals surface area contributed by atoms with E-state index in [-0.39, 0.29) is 31.4 Å². The lowest BCUT2D eigenvalue weighted by Crippen LogP contribution is -2.55. The number of hydrogen-bond acceptors (Lipinski definition) is 10. The van der Waals surface area contributed by atoms with Gasteiger partial charge in [0.05, 0.1) is 6.04 Å². The van der Waals surface area contributed by atoms with Crippen molar-refractivity contribution in [3.05, 3.63) is 0 Å². The molecule has 14 heteroatoms. The summed E-state index contributed by atoms with van der Waals surface area (Å²) in [5, 5.41) is 17.7. The van der Waals surface area contributed by atoms with Gasteiger partial charge in [0.25, 0.3) is 0 Å². The zero-order valence-electron chi connectivity index (χ0n) is 43.8. The van der Waals surface area contributed by atoms with Crippen LogP contribution in [0.1, 0.15) is 259 Å². The second-order valence-corrected chi connectivity index (χ2v) is 20.3. The van der Waals surface area contributed by atoms with Gasteiger partial charge in [-0.3, -0.25) is 28.8 Å². The molecule has 68 heavy (non-hydrogen) atoms. The van der Waals surface area contributed by atoms with Crippen LogP contribution in [0.4, 0.5) is 0 Å². The third-order valence-electron chi connectivity index (χ3n) is 12.6. The summed E-state index contributed by atoms with van der Waals surface area (Å²) in [5.41, 5.74) is 5.42. The summed E-state index contributed by atoms with van der Waals surface area (Å²) < 4.78 is 11.6. The second kappa shape index (κ2) is 47.8. The smallest absolute Gasteiger partial charge is 0.306 e. The number of primary amides is 1. The van der Waals surface area contributed by atoms with Crippen molar-refractivity contribution in [3.63, 3.8) is 0 Å². The summed E-state index contributed by atoms with van der Waals surface area (Å²) in [7, 11) is 0. The Balaban J connectivity index is 5.43. The minimum Gasteiger partial charge on any atom is -0.481 e. The maximum absolute atomic E-state index is 13.7. The maximum Gasteiger partial charge on any atom is 0.306 e. The number of nitrogens with one attached hydrogen (secondary N) is 3. The van der Waals surface area contributed by atoms with Gasteiger partial charge in [0.2, 0.25) is 17.7 Å². The van der Waals surface area contributed by atoms with Gasteiger partial charge in [0.15, 0.2) is 0 Å². The molecule has 0 saturated heterocycles. The first-order valence-corrected chi connectivity index (χ1v) is 28.9. The number of thioether (sulfide) groups is 1. The highest BCUT2D eigenvalue weighted by Crippen LogP contribution is 2.17. The van der Waals surface area contributed by atoms with E-state index in [1.54, 1.807) is 0 Å². The first kappa shape index (κ1) is 65.1. The minimum absolute atomic E-state index is 0.0593. The van der Waals surface area contributed by atoms with E-state index in [9.17, 15) is 28.8 Å². The molecule has 0 bridgehead atoms. The number of hydrogen-bond donors (Lipinski definition) is 5. The highest BCUT2D eigenvalue weighted by atomic mass is 32.2. The Hall–Kier alpha value is -2.87. The number of unbranched alkanes of at least 4 members (excludes halogenated alkanes) is 29. The number of ether oxygens (including phenoxy) is 2. The first-order valence-electron chi connectivity index (χ1n) is 27.7. The molecule has 0 radical (unpaired) electrons. The molecule has 0 heterocycles. The number of nitrogens with two attached hydrogens (primary N) is 1. The summed E-state index contributed by atoms with van der Waals surface area (Å²) in [5.74, 6) is -3.10. The molecule has 4 atom stereocenters. The summed E-state index contributed by atoms with van der Waals surface area (Å²) in [6.45, 7) is 8.70. The average Bonchev–Trinajstić information content (AvgIpc) is 3.31. The molecule has 3 amide bonds. The molecule has 0 aliphatic carbocycles. The Morgan fingerprint density at radius 1 is 0.500 bits per heavy atom. The van der Waals surface area contributed by atoms with Gasteiger partial charge in [-0.2, -0.15) is 11.8 Å². The number of carbonyl (C=O) groups is 6. The predicted octanol–water partition coefficient (Wildman–Crippen LogP) is 11.8. The molecule has 0 aromatic heterocycles. The normalized spacial score (nSPS) is 13.1. The Kier molecular flexibility index (Phi) is 45.8. The van der Waals surface area contributed by atoms with Gasteiger partial charge < -0.3 is 36.3 Å². The Bertz CT molecular complexity index is 1270. The highest BCUT2D eigenvalue weighted by Gasteiger charge is 2.27. The van der Waals surface area contributed by atoms with Gasteiger partial charge in [-0.15, -0.1) is 0 Å². The molecule has 398 valence electrons. The molecular formula is C54H102N4O9S. The Labute approximate surface area is 418 Å². The van der Waals surface area contributed by atoms with Crippen molar-refractivity contribution in [2.75, 3.05) is 24.7 Å². The van der Waals surface area contributed by atoms with E-state index in [0.29, 0.717) is 30.9 Å². The fraction of sp³-hybridized carbons (Fsp3) is 0.889. The predicted molar refractivity (Wildman–Crippen MR) is 280 cm³/mol. The third kappa shape index (κ3) is 42.0. The molecule has 0 aliphatic heterocycles. The van der Waals surface area contributed by atoms with Crippen LogP contribution in [-0.4, -0.2) is 89.6 Å². The van der Waals surface area contributed by atoms with Crippen molar-refractivity contribution >= 4 is 47.4 Å². The lowest BCUT2D eigenvalue weighted by Gasteiger charge is -2.23. The monoisotopic (exact) mass is 983 g/mol. The van der Waals surface area contributed by atoms with Crippen LogP contribution in [0.5, 0.6) is 0 Å². The summed E-state index contributed by atoms with van der Waals surface area (Å²) >= 11 is 1.41. The topological polar surface area (TPSA) is 203 Å². The molecule has 0 aliphatic rings. The fourth-order valence-corrected chi connectivity index (χ4v) is 9.22. The second-order valence-electron chi connectivity index (χ2n) is 19.2. The van der Waals surface area contributed by atoms with E-state index in [0.717, 1.165) is 57.8 Å². The summed E-state index contributed by atoms with van der Waals surface area (Å²) in [6, 6.07) is -2.94. The molecular weight excluding hydrogens is 881 g/mol. The number of esters is 2. The lowest BCUT2D eigenvalue weighted by atomic mass is 10.0. The number of carboxylic acids is 1. The van der Waals surface area contributed by atoms with Gasteiger partial charge >= 0.3 is 17.9 Å². The van der Waals surface area contributed by atoms with Crippen LogP contribution in [0.2, 0.25) is 0 Å². The molecule has 13 nitrogen and oxygen atoms in total. The average molecular weight is 983 g/mol. The summed E-state index contributed by atoms with van der Waals surface area (Å²) in [4.78, 5) is 75.7. The van der Waals surface area contributed by atoms with Crippen LogP contribution in [-0.2, 0) is 38.2 Å². The number of rotatable bonds is 51. The van der Waals surface area contributed by atoms with Gasteiger partial charge in [0, 0.05) is 30.8 Å². The van der Waals surface area contributed by atoms with E-state index in [2.05, 4.69) is 36.7 Å². The number of amides is 3. The molecule has 0 aromatic carbocycles. The van der Waals surface area contributed by atoms with Crippen LogP contribution in [0.25, 0.3) is 0 Å². The maximum atomic E-state index is 13.7. The molecule has 0 fully saturated rings. The van der Waals surface area contributed by atoms with E-state index in [4.69, 9.17) is 20.3 Å². The minimum atomic E-state index is -1.19. The molecule has 0 unspecified atom stereocenters. The van der Waals surface area contributed by atoms with Crippen molar-refractivity contribution < 1.29 is 43.3 Å². The largest absolute Gasteiger partial charge is 0.481 e. The molecule has 6 N–H and O–H groups in total. The van der Waals surface area contributed by atoms with Crippen molar-refractivity contribution in [2.45, 2.75) is 283 Å². The quantitative estimate of drug-likeness (QED) is 0.0287. The van der Waals surface area contributed by atoms with Gasteiger partial charge in [0.1, 0.15) is 24.8 Å². The van der Waals surface area contributed by atoms with Gasteiger partial charge in [-0.1, -0.05) is 207 Å². The van der Waals surface area contributed by atoms with Crippen LogP contribution < -0.4 is 21.7 Å². The van der Waals surface area contributed by atoms with Crippen molar-refractivity contribution in [1.29, 1.82) is 0 Å². The third-order valence-corrected chi connectivity index (χ3v) is 13.8. The van der Waals surface area contributed by atoms with Crippen molar-refractivity contribution in [2.24, 2.45) is 5.73 Å². The Morgan fingerprint density at radius 3 is 1.34 bits per heavy atom. The zero-order valence-corrected chi connectivity index (χ0v) is 44.6. The standard InChI is InChI=1S/C54H102N4O9S/c1-5-8-11-14-17-20-21-22-23-24-27-30-33-36-41-56-48(54(65)57-45(4)53(64)58-47(52(55)63)39-40-49(59)60)44-68-43-46(67-51(62)38-35-32-29-26-19-16-13-10-7-3)42-66-50(61)37-34-31-28-25-18-15-12-9-6-2/h45-48,56H,5-44H2,1-4H3,(H2,55,63)(H,57,65)(H,58,64)(H,59,60)/t45-,46+,47+,48-/m0/s1. The van der Waals surface area contributed by atoms with Crippen LogP contribution >= 0.6 is 11.8 Å². The Morgan fingerprint density at radius 2 is 0.912 bits per heavy atom. The molecule has 0 aromatic rings. The number of aliphatic carboxylic acids is 1. The van der Waals surface area contributed by atoms with E-state index in [1.807, 2.05) is 0 Å². The SMILES string of the molecule is CCCCCCCCCCCCCCCCN[C@@H](CSC[C@@H](COC(=O)CCCCCCCCCCC)OC(=O)CCCCCCCCCCC)C(=O)N[C@@H](C)C(=O)N[C@H](CCC(=O)O)C(N)=O. The van der Waals surface area contributed by atoms with Crippen LogP contribution in [0.15, 0.2) is 0 Å². The van der Waals surface area contributed by atoms with Crippen molar-refractivity contribution in [1.82, 2.24) is 16.0 Å². The number of carbonyl (C=O) groups excluding carboxylic acids is 5. The first-order chi connectivity index (χ1) is 32.9. The van der Waals surface area contributed by atoms with Crippen molar-refractivity contribution in [3.8, 4) is 0 Å². The van der Waals surface area contributed by atoms with Crippen LogP contribution in [0, 0.1) is 0 Å². The highest BCUT2D eigenvalue weighted by molar-refractivity contribution is 7.99. The molecule has 0 saturated carbocycles. The van der Waals surface area contributed by atoms with E-state index < -0.39 is 47.9 Å². The fourth-order valence-electron chi connectivity index (χ4n) is 8.15.